The molecule has 0 radical (unpaired) electrons. The number of pyridine rings is 1. The van der Waals surface area contributed by atoms with E-state index >= 15 is 0 Å². The number of aryl methyl sites for hydroxylation is 1. The monoisotopic (exact) mass is 424 g/mol. The number of nitrogens with zero attached hydrogens (tertiary/aromatic N) is 6. The number of hydrogen-bond acceptors (Lipinski definition) is 7. The molecule has 1 aliphatic rings. The van der Waals surface area contributed by atoms with Crippen molar-refractivity contribution in [3.05, 3.63) is 42.2 Å². The fourth-order valence-corrected chi connectivity index (χ4v) is 4.29. The first kappa shape index (κ1) is 20.3. The normalized spacial score (nSPS) is 14.9. The average Bonchev–Trinajstić information content (AvgIpc) is 3.29. The largest absolute Gasteiger partial charge is 0.368 e. The Morgan fingerprint density at radius 1 is 1.07 bits per heavy atom. The number of rotatable bonds is 6. The minimum atomic E-state index is 0.773. The lowest BCUT2D eigenvalue weighted by Crippen LogP contribution is -2.53. The van der Waals surface area contributed by atoms with E-state index in [0.717, 1.165) is 79.3 Å². The molecule has 1 aliphatic heterocycles. The second kappa shape index (κ2) is 9.71. The number of fused-ring (bicyclic) bond motifs is 1. The summed E-state index contributed by atoms with van der Waals surface area (Å²) >= 11 is 1.50. The van der Waals surface area contributed by atoms with Crippen LogP contribution in [0.15, 0.2) is 41.4 Å². The van der Waals surface area contributed by atoms with Crippen molar-refractivity contribution in [2.75, 3.05) is 56.5 Å². The van der Waals surface area contributed by atoms with E-state index in [1.54, 1.807) is 0 Å². The van der Waals surface area contributed by atoms with Gasteiger partial charge in [-0.1, -0.05) is 25.1 Å². The maximum atomic E-state index is 4.65. The molecule has 1 aromatic carbocycles. The SMILES string of the molecule is CCc1nsc(N2CCN(C(=NC)NCCNc3ccc4ccccc4n3)CC2)n1. The van der Waals surface area contributed by atoms with Gasteiger partial charge in [0.05, 0.1) is 5.52 Å². The molecule has 0 amide bonds. The number of benzene rings is 1. The van der Waals surface area contributed by atoms with Crippen molar-refractivity contribution in [2.24, 2.45) is 4.99 Å². The number of anilines is 2. The van der Waals surface area contributed by atoms with Crippen LogP contribution in [0.2, 0.25) is 0 Å². The summed E-state index contributed by atoms with van der Waals surface area (Å²) in [4.78, 5) is 18.3. The van der Waals surface area contributed by atoms with E-state index in [1.807, 2.05) is 31.3 Å². The summed E-state index contributed by atoms with van der Waals surface area (Å²) in [5, 5.41) is 9.02. The highest BCUT2D eigenvalue weighted by molar-refractivity contribution is 7.09. The molecule has 0 unspecified atom stereocenters. The van der Waals surface area contributed by atoms with E-state index in [0.29, 0.717) is 0 Å². The molecule has 30 heavy (non-hydrogen) atoms. The van der Waals surface area contributed by atoms with Gasteiger partial charge in [0.1, 0.15) is 11.6 Å². The van der Waals surface area contributed by atoms with Crippen molar-refractivity contribution in [1.82, 2.24) is 24.6 Å². The molecule has 9 heteroatoms. The molecule has 0 spiro atoms. The molecule has 3 aromatic rings. The number of guanidine groups is 1. The number of hydrogen-bond donors (Lipinski definition) is 2. The zero-order valence-corrected chi connectivity index (χ0v) is 18.3. The lowest BCUT2D eigenvalue weighted by Gasteiger charge is -2.36. The Hall–Kier alpha value is -2.94. The second-order valence-corrected chi connectivity index (χ2v) is 7.84. The lowest BCUT2D eigenvalue weighted by atomic mass is 10.2. The fourth-order valence-electron chi connectivity index (χ4n) is 3.49. The van der Waals surface area contributed by atoms with Crippen LogP contribution in [0.5, 0.6) is 0 Å². The molecular weight excluding hydrogens is 396 g/mol. The summed E-state index contributed by atoms with van der Waals surface area (Å²) in [5.74, 6) is 2.76. The van der Waals surface area contributed by atoms with Crippen LogP contribution in [-0.4, -0.2) is 71.5 Å². The maximum absolute atomic E-state index is 4.65. The van der Waals surface area contributed by atoms with Crippen LogP contribution in [0.3, 0.4) is 0 Å². The Bertz CT molecular complexity index is 993. The van der Waals surface area contributed by atoms with E-state index in [-0.39, 0.29) is 0 Å². The summed E-state index contributed by atoms with van der Waals surface area (Å²) in [6.45, 7) is 7.33. The Labute approximate surface area is 181 Å². The van der Waals surface area contributed by atoms with Crippen LogP contribution in [-0.2, 0) is 6.42 Å². The smallest absolute Gasteiger partial charge is 0.205 e. The van der Waals surface area contributed by atoms with Gasteiger partial charge in [0.15, 0.2) is 5.96 Å². The Morgan fingerprint density at radius 2 is 1.90 bits per heavy atom. The van der Waals surface area contributed by atoms with Crippen molar-refractivity contribution in [3.63, 3.8) is 0 Å². The molecule has 8 nitrogen and oxygen atoms in total. The molecule has 0 aliphatic carbocycles. The van der Waals surface area contributed by atoms with Crippen LogP contribution < -0.4 is 15.5 Å². The first-order valence-electron chi connectivity index (χ1n) is 10.4. The van der Waals surface area contributed by atoms with E-state index in [4.69, 9.17) is 0 Å². The number of nitrogens with one attached hydrogen (secondary N) is 2. The summed E-state index contributed by atoms with van der Waals surface area (Å²) in [6, 6.07) is 12.3. The third kappa shape index (κ3) is 4.79. The van der Waals surface area contributed by atoms with Gasteiger partial charge in [-0.05, 0) is 18.2 Å². The van der Waals surface area contributed by atoms with Gasteiger partial charge in [0.25, 0.3) is 0 Å². The summed E-state index contributed by atoms with van der Waals surface area (Å²) in [5.41, 5.74) is 1.01. The van der Waals surface area contributed by atoms with E-state index in [1.165, 1.54) is 11.5 Å². The predicted octanol–water partition coefficient (Wildman–Crippen LogP) is 2.46. The van der Waals surface area contributed by atoms with Crippen molar-refractivity contribution >= 4 is 39.3 Å². The van der Waals surface area contributed by atoms with Crippen LogP contribution in [0, 0.1) is 0 Å². The molecule has 2 N–H and O–H groups in total. The lowest BCUT2D eigenvalue weighted by molar-refractivity contribution is 0.373. The molecule has 1 saturated heterocycles. The summed E-state index contributed by atoms with van der Waals surface area (Å²) < 4.78 is 4.40. The molecule has 0 saturated carbocycles. The Balaban J connectivity index is 1.23. The quantitative estimate of drug-likeness (QED) is 0.357. The van der Waals surface area contributed by atoms with Crippen LogP contribution in [0.25, 0.3) is 10.9 Å². The molecule has 1 fully saturated rings. The predicted molar refractivity (Wildman–Crippen MR) is 125 cm³/mol. The molecule has 158 valence electrons. The van der Waals surface area contributed by atoms with Crippen LogP contribution >= 0.6 is 11.5 Å². The first-order valence-corrected chi connectivity index (χ1v) is 11.2. The number of piperazine rings is 1. The van der Waals surface area contributed by atoms with Gasteiger partial charge in [-0.2, -0.15) is 4.37 Å². The highest BCUT2D eigenvalue weighted by Gasteiger charge is 2.21. The summed E-state index contributed by atoms with van der Waals surface area (Å²) in [6.07, 6.45) is 0.885. The highest BCUT2D eigenvalue weighted by Crippen LogP contribution is 2.19. The number of aliphatic imine (C=N–C) groups is 1. The van der Waals surface area contributed by atoms with Gasteiger partial charge >= 0.3 is 0 Å². The van der Waals surface area contributed by atoms with Gasteiger partial charge in [0.2, 0.25) is 5.13 Å². The van der Waals surface area contributed by atoms with Gasteiger partial charge in [-0.3, -0.25) is 4.99 Å². The zero-order valence-electron chi connectivity index (χ0n) is 17.5. The second-order valence-electron chi connectivity index (χ2n) is 7.11. The van der Waals surface area contributed by atoms with Crippen molar-refractivity contribution in [2.45, 2.75) is 13.3 Å². The molecular formula is C21H28N8S. The third-order valence-corrected chi connectivity index (χ3v) is 5.96. The van der Waals surface area contributed by atoms with Gasteiger partial charge < -0.3 is 20.4 Å². The first-order chi connectivity index (χ1) is 14.8. The number of para-hydroxylation sites is 1. The van der Waals surface area contributed by atoms with Crippen molar-refractivity contribution in [1.29, 1.82) is 0 Å². The molecule has 0 atom stereocenters. The maximum Gasteiger partial charge on any atom is 0.205 e. The van der Waals surface area contributed by atoms with Crippen molar-refractivity contribution < 1.29 is 0 Å². The van der Waals surface area contributed by atoms with E-state index in [9.17, 15) is 0 Å². The minimum Gasteiger partial charge on any atom is -0.368 e. The molecule has 4 rings (SSSR count). The van der Waals surface area contributed by atoms with Gasteiger partial charge in [-0.15, -0.1) is 0 Å². The molecule has 3 heterocycles. The van der Waals surface area contributed by atoms with Gasteiger partial charge in [0, 0.05) is 69.7 Å². The minimum absolute atomic E-state index is 0.773. The van der Waals surface area contributed by atoms with E-state index < -0.39 is 0 Å². The zero-order chi connectivity index (χ0) is 20.8. The molecule has 0 bridgehead atoms. The van der Waals surface area contributed by atoms with Gasteiger partial charge in [-0.25, -0.2) is 9.97 Å². The topological polar surface area (TPSA) is 81.6 Å². The van der Waals surface area contributed by atoms with Crippen LogP contribution in [0.4, 0.5) is 10.9 Å². The van der Waals surface area contributed by atoms with E-state index in [2.05, 4.69) is 58.8 Å². The number of aromatic nitrogens is 3. The Morgan fingerprint density at radius 3 is 2.67 bits per heavy atom. The molecule has 2 aromatic heterocycles. The summed E-state index contributed by atoms with van der Waals surface area (Å²) in [7, 11) is 1.84. The Kier molecular flexibility index (Phi) is 6.58. The third-order valence-electron chi connectivity index (χ3n) is 5.15. The van der Waals surface area contributed by atoms with Crippen molar-refractivity contribution in [3.8, 4) is 0 Å². The standard InChI is InChI=1S/C21H28N8S/c1-3-18-26-21(30-27-18)29-14-12-28(13-15-29)20(22-2)24-11-10-23-19-9-8-16-6-4-5-7-17(16)25-19/h4-9H,3,10-15H2,1-2H3,(H,22,24)(H,23,25). The highest BCUT2D eigenvalue weighted by atomic mass is 32.1. The van der Waals surface area contributed by atoms with Crippen LogP contribution in [0.1, 0.15) is 12.7 Å². The fraction of sp³-hybridized carbons (Fsp3) is 0.429. The average molecular weight is 425 g/mol.